The van der Waals surface area contributed by atoms with Crippen molar-refractivity contribution in [1.29, 1.82) is 0 Å². The fourth-order valence-corrected chi connectivity index (χ4v) is 3.58. The second kappa shape index (κ2) is 9.28. The van der Waals surface area contributed by atoms with Crippen molar-refractivity contribution in [1.82, 2.24) is 24.9 Å². The van der Waals surface area contributed by atoms with E-state index in [1.54, 1.807) is 35.0 Å². The summed E-state index contributed by atoms with van der Waals surface area (Å²) in [4.78, 5) is 20.6. The number of nitrogens with zero attached hydrogens (tertiary/aromatic N) is 5. The molecule has 170 valence electrons. The van der Waals surface area contributed by atoms with Gasteiger partial charge in [-0.15, -0.1) is 0 Å². The maximum absolute atomic E-state index is 14.2. The predicted molar refractivity (Wildman–Crippen MR) is 117 cm³/mol. The first-order chi connectivity index (χ1) is 15.8. The molecular weight excluding hydrogens is 451 g/mol. The van der Waals surface area contributed by atoms with Gasteiger partial charge in [0.2, 0.25) is 5.91 Å². The number of benzene rings is 1. The zero-order valence-electron chi connectivity index (χ0n) is 17.5. The van der Waals surface area contributed by atoms with Crippen molar-refractivity contribution in [2.24, 2.45) is 0 Å². The molecule has 0 aliphatic rings. The zero-order valence-corrected chi connectivity index (χ0v) is 18.3. The van der Waals surface area contributed by atoms with E-state index in [1.165, 1.54) is 24.6 Å². The monoisotopic (exact) mass is 470 g/mol. The van der Waals surface area contributed by atoms with Gasteiger partial charge in [0.05, 0.1) is 18.0 Å². The predicted octanol–water partition coefficient (Wildman–Crippen LogP) is 2.56. The van der Waals surface area contributed by atoms with Crippen molar-refractivity contribution in [2.75, 3.05) is 17.3 Å². The fourth-order valence-electron chi connectivity index (χ4n) is 3.02. The number of sulfone groups is 1. The molecule has 12 heteroatoms. The highest BCUT2D eigenvalue weighted by Gasteiger charge is 2.17. The first-order valence-corrected chi connectivity index (χ1v) is 11.9. The van der Waals surface area contributed by atoms with E-state index in [2.05, 4.69) is 25.5 Å². The van der Waals surface area contributed by atoms with Gasteiger partial charge in [-0.2, -0.15) is 5.10 Å². The molecule has 0 bridgehead atoms. The topological polar surface area (TPSA) is 133 Å². The molecule has 0 atom stereocenters. The molecule has 0 saturated heterocycles. The largest absolute Gasteiger partial charge is 0.364 e. The van der Waals surface area contributed by atoms with Gasteiger partial charge >= 0.3 is 0 Å². The molecule has 3 aromatic heterocycles. The van der Waals surface area contributed by atoms with Crippen molar-refractivity contribution in [3.63, 3.8) is 0 Å². The lowest BCUT2D eigenvalue weighted by Gasteiger charge is -2.06. The van der Waals surface area contributed by atoms with E-state index in [9.17, 15) is 17.6 Å². The summed E-state index contributed by atoms with van der Waals surface area (Å²) < 4.78 is 43.2. The van der Waals surface area contributed by atoms with Crippen LogP contribution in [0.3, 0.4) is 0 Å². The molecule has 1 N–H and O–H groups in total. The Hall–Kier alpha value is -3.93. The molecule has 10 nitrogen and oxygen atoms in total. The Morgan fingerprint density at radius 1 is 1.18 bits per heavy atom. The summed E-state index contributed by atoms with van der Waals surface area (Å²) in [5.74, 6) is -0.703. The van der Waals surface area contributed by atoms with Gasteiger partial charge in [0.25, 0.3) is 0 Å². The number of carbonyl (C=O) groups is 1. The quantitative estimate of drug-likeness (QED) is 0.415. The van der Waals surface area contributed by atoms with E-state index in [1.807, 2.05) is 0 Å². The normalized spacial score (nSPS) is 11.5. The maximum Gasteiger partial charge on any atom is 0.226 e. The van der Waals surface area contributed by atoms with Crippen molar-refractivity contribution in [3.05, 3.63) is 66.3 Å². The van der Waals surface area contributed by atoms with Gasteiger partial charge in [-0.05, 0) is 18.2 Å². The second-order valence-corrected chi connectivity index (χ2v) is 9.50. The summed E-state index contributed by atoms with van der Waals surface area (Å²) in [5.41, 5.74) is 1.87. The van der Waals surface area contributed by atoms with Crippen LogP contribution in [-0.4, -0.2) is 51.2 Å². The Morgan fingerprint density at radius 3 is 2.73 bits per heavy atom. The lowest BCUT2D eigenvalue weighted by molar-refractivity contribution is -0.115. The highest BCUT2D eigenvalue weighted by Crippen LogP contribution is 2.25. The average Bonchev–Trinajstić information content (AvgIpc) is 3.44. The molecule has 0 spiro atoms. The molecular formula is C21H19FN6O4S. The minimum absolute atomic E-state index is 0.136. The summed E-state index contributed by atoms with van der Waals surface area (Å²) >= 11 is 0. The summed E-state index contributed by atoms with van der Waals surface area (Å²) in [5, 5.41) is 11.0. The third-order valence-corrected chi connectivity index (χ3v) is 5.56. The number of anilines is 1. The average molecular weight is 470 g/mol. The van der Waals surface area contributed by atoms with E-state index in [0.29, 0.717) is 22.6 Å². The summed E-state index contributed by atoms with van der Waals surface area (Å²) in [6.07, 6.45) is 3.73. The molecule has 3 heterocycles. The summed E-state index contributed by atoms with van der Waals surface area (Å²) in [6, 6.07) is 11.2. The van der Waals surface area contributed by atoms with E-state index >= 15 is 0 Å². The van der Waals surface area contributed by atoms with Crippen LogP contribution < -0.4 is 5.32 Å². The van der Waals surface area contributed by atoms with E-state index in [4.69, 9.17) is 4.52 Å². The lowest BCUT2D eigenvalue weighted by atomic mass is 10.2. The Bertz CT molecular complexity index is 1390. The van der Waals surface area contributed by atoms with Gasteiger partial charge in [-0.3, -0.25) is 9.48 Å². The number of hydrogen-bond acceptors (Lipinski definition) is 8. The first kappa shape index (κ1) is 22.3. The molecule has 0 unspecified atom stereocenters. The van der Waals surface area contributed by atoms with Gasteiger partial charge < -0.3 is 9.84 Å². The maximum atomic E-state index is 14.2. The van der Waals surface area contributed by atoms with Gasteiger partial charge in [-0.25, -0.2) is 22.8 Å². The summed E-state index contributed by atoms with van der Waals surface area (Å²) in [7, 11) is -3.26. The van der Waals surface area contributed by atoms with Crippen LogP contribution in [0.15, 0.2) is 59.4 Å². The smallest absolute Gasteiger partial charge is 0.226 e. The first-order valence-electron chi connectivity index (χ1n) is 9.81. The van der Waals surface area contributed by atoms with Gasteiger partial charge in [0.1, 0.15) is 39.1 Å². The Kier molecular flexibility index (Phi) is 6.27. The standard InChI is InChI=1S/C21H19FN6O4S/c1-33(30,31)11-8-20(29)24-19-6-9-23-21(25-19)17-12-18(16-7-10-32-27-16)28(26-17)13-14-4-2-3-5-15(14)22/h2-7,9-10,12H,8,11,13H2,1H3,(H,23,24,25,29). The van der Waals surface area contributed by atoms with Crippen LogP contribution in [0.1, 0.15) is 12.0 Å². The van der Waals surface area contributed by atoms with Gasteiger partial charge in [-0.1, -0.05) is 23.4 Å². The molecule has 0 aliphatic carbocycles. The fraction of sp³-hybridized carbons (Fsp3) is 0.190. The molecule has 0 aliphatic heterocycles. The van der Waals surface area contributed by atoms with Crippen LogP contribution in [0.4, 0.5) is 10.2 Å². The highest BCUT2D eigenvalue weighted by molar-refractivity contribution is 7.90. The molecule has 4 aromatic rings. The Morgan fingerprint density at radius 2 is 2.00 bits per heavy atom. The summed E-state index contributed by atoms with van der Waals surface area (Å²) in [6.45, 7) is 0.136. The van der Waals surface area contributed by atoms with Crippen LogP contribution in [0.5, 0.6) is 0 Å². The molecule has 0 fully saturated rings. The van der Waals surface area contributed by atoms with Crippen LogP contribution in [-0.2, 0) is 21.2 Å². The Labute approximate surface area is 188 Å². The van der Waals surface area contributed by atoms with E-state index in [0.717, 1.165) is 6.26 Å². The van der Waals surface area contributed by atoms with Gasteiger partial charge in [0.15, 0.2) is 5.82 Å². The number of carbonyl (C=O) groups excluding carboxylic acids is 1. The number of halogens is 1. The van der Waals surface area contributed by atoms with Crippen molar-refractivity contribution < 1.29 is 22.1 Å². The van der Waals surface area contributed by atoms with Crippen molar-refractivity contribution in [2.45, 2.75) is 13.0 Å². The molecule has 0 saturated carbocycles. The highest BCUT2D eigenvalue weighted by atomic mass is 32.2. The van der Waals surface area contributed by atoms with E-state index in [-0.39, 0.29) is 36.2 Å². The van der Waals surface area contributed by atoms with Crippen molar-refractivity contribution >= 4 is 21.6 Å². The third kappa shape index (κ3) is 5.66. The Balaban J connectivity index is 1.62. The third-order valence-electron chi connectivity index (χ3n) is 4.61. The zero-order chi connectivity index (χ0) is 23.4. The minimum atomic E-state index is -3.26. The van der Waals surface area contributed by atoms with Crippen LogP contribution in [0, 0.1) is 5.82 Å². The second-order valence-electron chi connectivity index (χ2n) is 7.24. The molecule has 1 amide bonds. The minimum Gasteiger partial charge on any atom is -0.364 e. The van der Waals surface area contributed by atoms with Crippen LogP contribution >= 0.6 is 0 Å². The number of aromatic nitrogens is 5. The molecule has 4 rings (SSSR count). The number of nitrogens with one attached hydrogen (secondary N) is 1. The number of amides is 1. The van der Waals surface area contributed by atoms with Crippen LogP contribution in [0.2, 0.25) is 0 Å². The number of rotatable bonds is 8. The van der Waals surface area contributed by atoms with E-state index < -0.39 is 15.7 Å². The van der Waals surface area contributed by atoms with Crippen LogP contribution in [0.25, 0.3) is 22.9 Å². The van der Waals surface area contributed by atoms with Crippen molar-refractivity contribution in [3.8, 4) is 22.9 Å². The lowest BCUT2D eigenvalue weighted by Crippen LogP contribution is -2.17. The SMILES string of the molecule is CS(=O)(=O)CCC(=O)Nc1ccnc(-c2cc(-c3ccon3)n(Cc3ccccc3F)n2)n1. The number of hydrogen-bond donors (Lipinski definition) is 1. The molecule has 1 aromatic carbocycles. The molecule has 0 radical (unpaired) electrons. The van der Waals surface area contributed by atoms with Gasteiger partial charge in [0, 0.05) is 30.5 Å². The molecule has 33 heavy (non-hydrogen) atoms.